The zero-order valence-corrected chi connectivity index (χ0v) is 7.93. The van der Waals surface area contributed by atoms with Crippen LogP contribution in [0.15, 0.2) is 10.5 Å². The Morgan fingerprint density at radius 3 is 3.00 bits per heavy atom. The number of carbonyl (C=O) groups is 1. The van der Waals surface area contributed by atoms with E-state index in [4.69, 9.17) is 9.47 Å². The number of halogens is 2. The van der Waals surface area contributed by atoms with Crippen molar-refractivity contribution in [2.75, 3.05) is 6.79 Å². The topological polar surface area (TPSA) is 35.5 Å². The van der Waals surface area contributed by atoms with Crippen molar-refractivity contribution >= 4 is 22.2 Å². The van der Waals surface area contributed by atoms with E-state index in [1.54, 1.807) is 0 Å². The van der Waals surface area contributed by atoms with Gasteiger partial charge in [0.15, 0.2) is 17.9 Å². The Balaban J connectivity index is 2.69. The van der Waals surface area contributed by atoms with Gasteiger partial charge in [-0.05, 0) is 22.0 Å². The van der Waals surface area contributed by atoms with Crippen molar-refractivity contribution < 1.29 is 18.7 Å². The molecule has 0 radical (unpaired) electrons. The average Bonchev–Trinajstić information content (AvgIpc) is 2.53. The quantitative estimate of drug-likeness (QED) is 0.713. The van der Waals surface area contributed by atoms with Gasteiger partial charge in [-0.2, -0.15) is 0 Å². The number of benzene rings is 1. The van der Waals surface area contributed by atoms with Gasteiger partial charge in [-0.3, -0.25) is 4.79 Å². The van der Waals surface area contributed by atoms with Gasteiger partial charge in [0, 0.05) is 4.47 Å². The molecule has 0 saturated carbocycles. The summed E-state index contributed by atoms with van der Waals surface area (Å²) >= 11 is 3.05. The van der Waals surface area contributed by atoms with E-state index < -0.39 is 5.82 Å². The molecule has 0 spiro atoms. The molecule has 13 heavy (non-hydrogen) atoms. The fourth-order valence-corrected chi connectivity index (χ4v) is 1.57. The van der Waals surface area contributed by atoms with Gasteiger partial charge in [-0.1, -0.05) is 0 Å². The Morgan fingerprint density at radius 1 is 1.54 bits per heavy atom. The van der Waals surface area contributed by atoms with Crippen LogP contribution in [0, 0.1) is 5.82 Å². The minimum Gasteiger partial charge on any atom is -0.453 e. The zero-order valence-electron chi connectivity index (χ0n) is 6.34. The van der Waals surface area contributed by atoms with Gasteiger partial charge in [0.05, 0.1) is 5.56 Å². The van der Waals surface area contributed by atoms with Crippen molar-refractivity contribution in [2.24, 2.45) is 0 Å². The van der Waals surface area contributed by atoms with E-state index in [0.717, 1.165) is 0 Å². The number of rotatable bonds is 1. The number of aldehydes is 1. The summed E-state index contributed by atoms with van der Waals surface area (Å²) in [5.41, 5.74) is -0.0516. The van der Waals surface area contributed by atoms with Crippen molar-refractivity contribution in [2.45, 2.75) is 0 Å². The molecule has 0 atom stereocenters. The maximum atomic E-state index is 13.4. The number of carbonyl (C=O) groups excluding carboxylic acids is 1. The molecule has 0 aromatic heterocycles. The summed E-state index contributed by atoms with van der Waals surface area (Å²) in [6.45, 7) is -0.0129. The smallest absolute Gasteiger partial charge is 0.231 e. The van der Waals surface area contributed by atoms with E-state index in [1.807, 2.05) is 0 Å². The zero-order chi connectivity index (χ0) is 9.42. The summed E-state index contributed by atoms with van der Waals surface area (Å²) in [5, 5.41) is 0. The van der Waals surface area contributed by atoms with Gasteiger partial charge in [-0.25, -0.2) is 4.39 Å². The van der Waals surface area contributed by atoms with Crippen LogP contribution in [0.3, 0.4) is 0 Å². The van der Waals surface area contributed by atoms with Gasteiger partial charge < -0.3 is 9.47 Å². The van der Waals surface area contributed by atoms with Gasteiger partial charge in [0.25, 0.3) is 0 Å². The van der Waals surface area contributed by atoms with Crippen LogP contribution in [0.25, 0.3) is 0 Å². The second kappa shape index (κ2) is 2.99. The highest BCUT2D eigenvalue weighted by Crippen LogP contribution is 2.39. The van der Waals surface area contributed by atoms with Crippen molar-refractivity contribution in [3.63, 3.8) is 0 Å². The number of hydrogen-bond donors (Lipinski definition) is 0. The Hall–Kier alpha value is -1.10. The highest BCUT2D eigenvalue weighted by Gasteiger charge is 2.23. The van der Waals surface area contributed by atoms with E-state index in [1.165, 1.54) is 6.07 Å². The SMILES string of the molecule is O=Cc1c(Br)cc2c(c1F)OCO2. The molecule has 0 saturated heterocycles. The number of ether oxygens (including phenoxy) is 2. The predicted octanol–water partition coefficient (Wildman–Crippen LogP) is 2.13. The Morgan fingerprint density at radius 2 is 2.31 bits per heavy atom. The van der Waals surface area contributed by atoms with E-state index in [0.29, 0.717) is 16.5 Å². The lowest BCUT2D eigenvalue weighted by atomic mass is 10.2. The molecule has 1 aliphatic heterocycles. The van der Waals surface area contributed by atoms with Crippen molar-refractivity contribution in [3.8, 4) is 11.5 Å². The molecule has 5 heteroatoms. The third-order valence-electron chi connectivity index (χ3n) is 1.71. The minimum absolute atomic E-state index is 0.00491. The van der Waals surface area contributed by atoms with Crippen LogP contribution in [-0.2, 0) is 0 Å². The van der Waals surface area contributed by atoms with Crippen LogP contribution in [0.2, 0.25) is 0 Å². The summed E-state index contributed by atoms with van der Waals surface area (Å²) in [6, 6.07) is 1.51. The van der Waals surface area contributed by atoms with Crippen LogP contribution < -0.4 is 9.47 Å². The lowest BCUT2D eigenvalue weighted by Crippen LogP contribution is -1.94. The largest absolute Gasteiger partial charge is 0.453 e. The van der Waals surface area contributed by atoms with Crippen molar-refractivity contribution in [1.29, 1.82) is 0 Å². The van der Waals surface area contributed by atoms with Gasteiger partial charge in [0.1, 0.15) is 0 Å². The normalized spacial score (nSPS) is 13.1. The summed E-state index contributed by atoms with van der Waals surface area (Å²) in [5.74, 6) is -0.364. The van der Waals surface area contributed by atoms with Gasteiger partial charge in [0.2, 0.25) is 12.5 Å². The average molecular weight is 247 g/mol. The molecular weight excluding hydrogens is 243 g/mol. The first-order chi connectivity index (χ1) is 6.24. The third kappa shape index (κ3) is 1.19. The molecule has 1 aliphatic rings. The highest BCUT2D eigenvalue weighted by molar-refractivity contribution is 9.10. The fraction of sp³-hybridized carbons (Fsp3) is 0.125. The van der Waals surface area contributed by atoms with Crippen molar-refractivity contribution in [3.05, 3.63) is 21.9 Å². The third-order valence-corrected chi connectivity index (χ3v) is 2.37. The molecule has 1 aromatic rings. The maximum Gasteiger partial charge on any atom is 0.231 e. The van der Waals surface area contributed by atoms with Crippen LogP contribution in [0.4, 0.5) is 4.39 Å². The summed E-state index contributed by atoms with van der Waals surface area (Å²) in [7, 11) is 0. The van der Waals surface area contributed by atoms with E-state index in [2.05, 4.69) is 15.9 Å². The van der Waals surface area contributed by atoms with Crippen LogP contribution >= 0.6 is 15.9 Å². The molecule has 0 amide bonds. The lowest BCUT2D eigenvalue weighted by Gasteiger charge is -2.02. The second-order valence-corrected chi connectivity index (χ2v) is 3.29. The molecule has 0 unspecified atom stereocenters. The first-order valence-corrected chi connectivity index (χ1v) is 4.26. The summed E-state index contributed by atoms with van der Waals surface area (Å²) in [6.07, 6.45) is 0.432. The van der Waals surface area contributed by atoms with Crippen molar-refractivity contribution in [1.82, 2.24) is 0 Å². The fourth-order valence-electron chi connectivity index (χ4n) is 1.10. The molecule has 1 aromatic carbocycles. The molecule has 3 nitrogen and oxygen atoms in total. The van der Waals surface area contributed by atoms with E-state index in [9.17, 15) is 9.18 Å². The van der Waals surface area contributed by atoms with E-state index in [-0.39, 0.29) is 18.1 Å². The predicted molar refractivity (Wildman–Crippen MR) is 45.6 cm³/mol. The van der Waals surface area contributed by atoms with Gasteiger partial charge in [-0.15, -0.1) is 0 Å². The Bertz CT molecular complexity index is 378. The number of hydrogen-bond acceptors (Lipinski definition) is 3. The molecular formula is C8H4BrFO3. The first kappa shape index (κ1) is 8.50. The molecule has 0 aliphatic carbocycles. The lowest BCUT2D eigenvalue weighted by molar-refractivity contribution is 0.111. The minimum atomic E-state index is -0.683. The number of fused-ring (bicyclic) bond motifs is 1. The second-order valence-electron chi connectivity index (χ2n) is 2.44. The maximum absolute atomic E-state index is 13.4. The monoisotopic (exact) mass is 246 g/mol. The highest BCUT2D eigenvalue weighted by atomic mass is 79.9. The molecule has 0 bridgehead atoms. The molecule has 2 rings (SSSR count). The van der Waals surface area contributed by atoms with Gasteiger partial charge >= 0.3 is 0 Å². The van der Waals surface area contributed by atoms with Crippen LogP contribution in [0.5, 0.6) is 11.5 Å². The Labute approximate surface area is 81.6 Å². The molecule has 68 valence electrons. The summed E-state index contributed by atoms with van der Waals surface area (Å²) in [4.78, 5) is 10.5. The molecule has 0 fully saturated rings. The molecule has 0 N–H and O–H groups in total. The van der Waals surface area contributed by atoms with Crippen LogP contribution in [-0.4, -0.2) is 13.1 Å². The first-order valence-electron chi connectivity index (χ1n) is 3.47. The molecule has 1 heterocycles. The summed E-state index contributed by atoms with van der Waals surface area (Å²) < 4.78 is 23.5. The van der Waals surface area contributed by atoms with Crippen LogP contribution in [0.1, 0.15) is 10.4 Å². The van der Waals surface area contributed by atoms with E-state index >= 15 is 0 Å². The standard InChI is InChI=1S/C8H4BrFO3/c9-5-1-6-8(13-3-12-6)7(10)4(5)2-11/h1-2H,3H2. The Kier molecular flexibility index (Phi) is 1.95.